The minimum atomic E-state index is -0.569. The predicted molar refractivity (Wildman–Crippen MR) is 103 cm³/mol. The molecule has 6 heteroatoms. The van der Waals surface area contributed by atoms with Crippen molar-refractivity contribution in [2.45, 2.75) is 45.9 Å². The molecule has 2 aromatic rings. The summed E-state index contributed by atoms with van der Waals surface area (Å²) >= 11 is 1.48. The number of nitrogens with one attached hydrogen (secondary N) is 1. The van der Waals surface area contributed by atoms with Gasteiger partial charge in [-0.15, -0.1) is 11.3 Å². The van der Waals surface area contributed by atoms with E-state index in [0.717, 1.165) is 36.5 Å². The number of carbonyl (C=O) groups excluding carboxylic acids is 1. The van der Waals surface area contributed by atoms with Crippen LogP contribution in [0, 0.1) is 11.3 Å². The number of hydrogen-bond acceptors (Lipinski definition) is 5. The Labute approximate surface area is 158 Å². The van der Waals surface area contributed by atoms with Gasteiger partial charge in [0.25, 0.3) is 0 Å². The molecule has 0 atom stereocenters. The molecule has 0 saturated carbocycles. The Hall–Kier alpha value is -2.36. The molecule has 0 fully saturated rings. The first kappa shape index (κ1) is 18.4. The van der Waals surface area contributed by atoms with Crippen molar-refractivity contribution in [3.05, 3.63) is 51.9 Å². The van der Waals surface area contributed by atoms with Crippen LogP contribution < -0.4 is 5.32 Å². The molecule has 136 valence electrons. The minimum absolute atomic E-state index is 0.520. The van der Waals surface area contributed by atoms with E-state index >= 15 is 0 Å². The lowest BCUT2D eigenvalue weighted by molar-refractivity contribution is 0.0636. The number of nitrogens with zero attached hydrogens (tertiary/aromatic N) is 2. The summed E-state index contributed by atoms with van der Waals surface area (Å²) < 4.78 is 5.31. The van der Waals surface area contributed by atoms with Crippen LogP contribution in [0.5, 0.6) is 0 Å². The molecular weight excluding hydrogens is 346 g/mol. The van der Waals surface area contributed by atoms with E-state index < -0.39 is 11.7 Å². The maximum absolute atomic E-state index is 12.1. The zero-order valence-electron chi connectivity index (χ0n) is 15.3. The third-order valence-electron chi connectivity index (χ3n) is 4.11. The molecule has 1 N–H and O–H groups in total. The first-order valence-corrected chi connectivity index (χ1v) is 9.48. The molecule has 5 nitrogen and oxygen atoms in total. The minimum Gasteiger partial charge on any atom is -0.444 e. The lowest BCUT2D eigenvalue weighted by Gasteiger charge is -2.26. The van der Waals surface area contributed by atoms with E-state index in [1.807, 2.05) is 39.0 Å². The van der Waals surface area contributed by atoms with Crippen molar-refractivity contribution >= 4 is 22.4 Å². The van der Waals surface area contributed by atoms with Crippen molar-refractivity contribution in [2.75, 3.05) is 11.9 Å². The summed E-state index contributed by atoms with van der Waals surface area (Å²) in [7, 11) is 0. The molecule has 0 aliphatic carbocycles. The standard InChI is InChI=1S/C20H23N3O2S/c1-20(2,3)25-19(24)22-18-16(11-21)15-9-10-23(13-17(15)26-18)12-14-7-5-4-6-8-14/h4-8H,9-10,12-13H2,1-3H3,(H,22,24). The van der Waals surface area contributed by atoms with Gasteiger partial charge >= 0.3 is 6.09 Å². The van der Waals surface area contributed by atoms with Gasteiger partial charge in [0.2, 0.25) is 0 Å². The quantitative estimate of drug-likeness (QED) is 0.863. The van der Waals surface area contributed by atoms with Gasteiger partial charge in [-0.05, 0) is 38.3 Å². The fourth-order valence-electron chi connectivity index (χ4n) is 3.04. The lowest BCUT2D eigenvalue weighted by atomic mass is 10.0. The molecule has 26 heavy (non-hydrogen) atoms. The number of rotatable bonds is 3. The number of fused-ring (bicyclic) bond motifs is 1. The topological polar surface area (TPSA) is 65.4 Å². The fraction of sp³-hybridized carbons (Fsp3) is 0.400. The molecule has 2 heterocycles. The van der Waals surface area contributed by atoms with Gasteiger partial charge in [0.15, 0.2) is 0 Å². The van der Waals surface area contributed by atoms with Crippen LogP contribution in [0.15, 0.2) is 30.3 Å². The summed E-state index contributed by atoms with van der Waals surface area (Å²) in [5, 5.41) is 12.9. The number of ether oxygens (including phenoxy) is 1. The van der Waals surface area contributed by atoms with Gasteiger partial charge in [0, 0.05) is 24.5 Å². The number of anilines is 1. The molecule has 0 unspecified atom stereocenters. The largest absolute Gasteiger partial charge is 0.444 e. The number of benzene rings is 1. The Bertz CT molecular complexity index is 831. The average molecular weight is 369 g/mol. The maximum Gasteiger partial charge on any atom is 0.412 e. The number of carbonyl (C=O) groups is 1. The fourth-order valence-corrected chi connectivity index (χ4v) is 4.26. The Balaban J connectivity index is 1.74. The SMILES string of the molecule is CC(C)(C)OC(=O)Nc1sc2c(c1C#N)CCN(Cc1ccccc1)C2. The number of amides is 1. The maximum atomic E-state index is 12.1. The molecule has 3 rings (SSSR count). The lowest BCUT2D eigenvalue weighted by Crippen LogP contribution is -2.29. The summed E-state index contributed by atoms with van der Waals surface area (Å²) in [5.41, 5.74) is 2.35. The van der Waals surface area contributed by atoms with E-state index in [1.165, 1.54) is 16.9 Å². The first-order valence-electron chi connectivity index (χ1n) is 8.66. The van der Waals surface area contributed by atoms with Gasteiger partial charge in [-0.3, -0.25) is 10.2 Å². The van der Waals surface area contributed by atoms with E-state index in [4.69, 9.17) is 4.74 Å². The molecule has 1 aromatic heterocycles. The van der Waals surface area contributed by atoms with Crippen molar-refractivity contribution in [3.63, 3.8) is 0 Å². The van der Waals surface area contributed by atoms with Crippen molar-refractivity contribution in [1.29, 1.82) is 5.26 Å². The highest BCUT2D eigenvalue weighted by atomic mass is 32.1. The number of thiophene rings is 1. The highest BCUT2D eigenvalue weighted by molar-refractivity contribution is 7.16. The smallest absolute Gasteiger partial charge is 0.412 e. The molecule has 1 aliphatic heterocycles. The van der Waals surface area contributed by atoms with Gasteiger partial charge in [0.1, 0.15) is 16.7 Å². The van der Waals surface area contributed by atoms with Gasteiger partial charge in [-0.1, -0.05) is 30.3 Å². The summed E-state index contributed by atoms with van der Waals surface area (Å²) in [6.45, 7) is 8.03. The summed E-state index contributed by atoms with van der Waals surface area (Å²) in [6.07, 6.45) is 0.297. The molecular formula is C20H23N3O2S. The highest BCUT2D eigenvalue weighted by Gasteiger charge is 2.26. The second kappa shape index (κ2) is 7.48. The molecule has 1 aromatic carbocycles. The molecule has 0 radical (unpaired) electrons. The molecule has 0 saturated heterocycles. The Morgan fingerprint density at radius 1 is 1.35 bits per heavy atom. The second-order valence-electron chi connectivity index (χ2n) is 7.39. The third kappa shape index (κ3) is 4.43. The van der Waals surface area contributed by atoms with Crippen molar-refractivity contribution in [3.8, 4) is 6.07 Å². The van der Waals surface area contributed by atoms with Crippen LogP contribution in [-0.2, 0) is 24.2 Å². The van der Waals surface area contributed by atoms with Crippen LogP contribution in [0.1, 0.15) is 42.3 Å². The van der Waals surface area contributed by atoms with E-state index in [9.17, 15) is 10.1 Å². The molecule has 1 aliphatic rings. The zero-order chi connectivity index (χ0) is 18.7. The van der Waals surface area contributed by atoms with Gasteiger partial charge in [-0.2, -0.15) is 5.26 Å². The van der Waals surface area contributed by atoms with E-state index in [1.54, 1.807) is 0 Å². The zero-order valence-corrected chi connectivity index (χ0v) is 16.2. The van der Waals surface area contributed by atoms with Crippen LogP contribution in [0.3, 0.4) is 0 Å². The normalized spacial score (nSPS) is 14.4. The average Bonchev–Trinajstić information content (AvgIpc) is 2.90. The van der Waals surface area contributed by atoms with E-state index in [-0.39, 0.29) is 0 Å². The first-order chi connectivity index (χ1) is 12.4. The summed E-state index contributed by atoms with van der Waals surface area (Å²) in [5.74, 6) is 0. The molecule has 1 amide bonds. The Morgan fingerprint density at radius 2 is 2.08 bits per heavy atom. The molecule has 0 spiro atoms. The van der Waals surface area contributed by atoms with Crippen LogP contribution in [0.25, 0.3) is 0 Å². The van der Waals surface area contributed by atoms with Gasteiger partial charge < -0.3 is 4.74 Å². The Morgan fingerprint density at radius 3 is 2.73 bits per heavy atom. The van der Waals surface area contributed by atoms with Crippen molar-refractivity contribution in [2.24, 2.45) is 0 Å². The second-order valence-corrected chi connectivity index (χ2v) is 8.50. The van der Waals surface area contributed by atoms with Crippen LogP contribution in [-0.4, -0.2) is 23.1 Å². The van der Waals surface area contributed by atoms with Crippen LogP contribution >= 0.6 is 11.3 Å². The van der Waals surface area contributed by atoms with Gasteiger partial charge in [0.05, 0.1) is 5.56 Å². The Kier molecular flexibility index (Phi) is 5.30. The number of hydrogen-bond donors (Lipinski definition) is 1. The summed E-state index contributed by atoms with van der Waals surface area (Å²) in [6, 6.07) is 12.6. The number of nitriles is 1. The van der Waals surface area contributed by atoms with Crippen molar-refractivity contribution < 1.29 is 9.53 Å². The molecule has 0 bridgehead atoms. The monoisotopic (exact) mass is 369 g/mol. The summed E-state index contributed by atoms with van der Waals surface area (Å²) in [4.78, 5) is 15.6. The van der Waals surface area contributed by atoms with Crippen LogP contribution in [0.2, 0.25) is 0 Å². The van der Waals surface area contributed by atoms with Crippen LogP contribution in [0.4, 0.5) is 9.80 Å². The predicted octanol–water partition coefficient (Wildman–Crippen LogP) is 4.53. The van der Waals surface area contributed by atoms with E-state index in [2.05, 4.69) is 28.4 Å². The van der Waals surface area contributed by atoms with E-state index in [0.29, 0.717) is 10.6 Å². The third-order valence-corrected chi connectivity index (χ3v) is 5.24. The van der Waals surface area contributed by atoms with Gasteiger partial charge in [-0.25, -0.2) is 4.79 Å². The highest BCUT2D eigenvalue weighted by Crippen LogP contribution is 2.37. The van der Waals surface area contributed by atoms with Crippen molar-refractivity contribution in [1.82, 2.24) is 4.90 Å².